The standard InChI is InChI=1S/C24H26ClFN4O5S.C14H14BrNO3S/c1-3-16-5-7-20(36(2,32)33)19(11-16)35-21-8-6-17(12-27-21)30-23(31)22(25)18(13-29-30)28-14-24(26)9-4-10-34-15-24;1-3-10-4-6-13(20(2,17)18)12(8-10)19-14-7-5-11(15)9-16-14/h5-8,11-13,28H,3-4,9-10,14-15H2,1-2H3;4-9H,3H2,1-2H3. The fraction of sp³-hybridized carbons (Fsp3) is 0.316. The summed E-state index contributed by atoms with van der Waals surface area (Å²) >= 11 is 9.53. The lowest BCUT2D eigenvalue weighted by molar-refractivity contribution is -0.0234. The SMILES string of the molecule is CCc1ccc(S(C)(=O)=O)c(Oc2ccc(-n3ncc(NCC4(F)CCCOC4)c(Cl)c3=O)cn2)c1.CCc1ccc(S(C)(=O)=O)c(Oc2ccc(Br)cn2)c1. The molecule has 0 amide bonds. The van der Waals surface area contributed by atoms with Crippen LogP contribution >= 0.6 is 27.5 Å². The predicted octanol–water partition coefficient (Wildman–Crippen LogP) is 7.57. The number of aryl methyl sites for hydroxylation is 2. The summed E-state index contributed by atoms with van der Waals surface area (Å²) in [6.07, 6.45) is 9.04. The van der Waals surface area contributed by atoms with Crippen LogP contribution in [0.3, 0.4) is 0 Å². The molecule has 0 saturated carbocycles. The van der Waals surface area contributed by atoms with E-state index in [-0.39, 0.29) is 45.3 Å². The van der Waals surface area contributed by atoms with Crippen molar-refractivity contribution in [2.75, 3.05) is 37.6 Å². The first-order chi connectivity index (χ1) is 26.5. The van der Waals surface area contributed by atoms with Gasteiger partial charge in [-0.05, 0) is 89.1 Å². The number of rotatable bonds is 12. The smallest absolute Gasteiger partial charge is 0.292 e. The zero-order valence-corrected chi connectivity index (χ0v) is 34.9. The molecular weight excluding hydrogens is 853 g/mol. The number of pyridine rings is 2. The quantitative estimate of drug-likeness (QED) is 0.131. The summed E-state index contributed by atoms with van der Waals surface area (Å²) in [5.41, 5.74) is 0.294. The monoisotopic (exact) mass is 891 g/mol. The maximum Gasteiger partial charge on any atom is 0.292 e. The number of halogens is 3. The van der Waals surface area contributed by atoms with Crippen LogP contribution in [0, 0.1) is 0 Å². The Labute approximate surface area is 338 Å². The Morgan fingerprint density at radius 2 is 1.45 bits per heavy atom. The molecule has 1 N–H and O–H groups in total. The molecule has 0 aliphatic carbocycles. The van der Waals surface area contributed by atoms with Crippen molar-refractivity contribution in [1.29, 1.82) is 0 Å². The van der Waals surface area contributed by atoms with E-state index in [9.17, 15) is 26.0 Å². The van der Waals surface area contributed by atoms with Crippen molar-refractivity contribution in [1.82, 2.24) is 19.7 Å². The van der Waals surface area contributed by atoms with E-state index in [4.69, 9.17) is 25.8 Å². The molecule has 1 saturated heterocycles. The van der Waals surface area contributed by atoms with Crippen molar-refractivity contribution in [3.8, 4) is 28.9 Å². The zero-order chi connectivity index (χ0) is 40.7. The highest BCUT2D eigenvalue weighted by atomic mass is 79.9. The molecule has 298 valence electrons. The van der Waals surface area contributed by atoms with E-state index in [1.165, 1.54) is 24.5 Å². The lowest BCUT2D eigenvalue weighted by Crippen LogP contribution is -2.40. The van der Waals surface area contributed by atoms with Crippen LogP contribution in [0.2, 0.25) is 5.02 Å². The zero-order valence-electron chi connectivity index (χ0n) is 31.0. The van der Waals surface area contributed by atoms with Crippen LogP contribution in [0.5, 0.6) is 23.3 Å². The van der Waals surface area contributed by atoms with Gasteiger partial charge in [-0.2, -0.15) is 9.78 Å². The minimum absolute atomic E-state index is 0.0172. The molecule has 4 heterocycles. The second-order valence-electron chi connectivity index (χ2n) is 12.9. The molecule has 1 unspecified atom stereocenters. The van der Waals surface area contributed by atoms with E-state index in [1.807, 2.05) is 13.8 Å². The summed E-state index contributed by atoms with van der Waals surface area (Å²) < 4.78 is 81.1. The Morgan fingerprint density at radius 3 is 1.91 bits per heavy atom. The molecular formula is C38H40BrClFN5O8S2. The van der Waals surface area contributed by atoms with Gasteiger partial charge in [0.15, 0.2) is 25.3 Å². The van der Waals surface area contributed by atoms with Gasteiger partial charge < -0.3 is 19.5 Å². The number of nitrogens with one attached hydrogen (secondary N) is 1. The van der Waals surface area contributed by atoms with Crippen LogP contribution < -0.4 is 20.3 Å². The predicted molar refractivity (Wildman–Crippen MR) is 215 cm³/mol. The fourth-order valence-electron chi connectivity index (χ4n) is 5.47. The van der Waals surface area contributed by atoms with Gasteiger partial charge in [0, 0.05) is 41.9 Å². The molecule has 1 aliphatic rings. The highest BCUT2D eigenvalue weighted by molar-refractivity contribution is 9.10. The molecule has 6 rings (SSSR count). The average Bonchev–Trinajstić information content (AvgIpc) is 3.16. The second-order valence-corrected chi connectivity index (χ2v) is 18.2. The summed E-state index contributed by atoms with van der Waals surface area (Å²) in [5, 5.41) is 6.84. The maximum absolute atomic E-state index is 14.8. The molecule has 0 bridgehead atoms. The van der Waals surface area contributed by atoms with Gasteiger partial charge in [0.2, 0.25) is 11.8 Å². The summed E-state index contributed by atoms with van der Waals surface area (Å²) in [7, 11) is -6.87. The Balaban J connectivity index is 0.000000253. The first-order valence-electron chi connectivity index (χ1n) is 17.4. The highest BCUT2D eigenvalue weighted by Gasteiger charge is 2.33. The van der Waals surface area contributed by atoms with Crippen molar-refractivity contribution in [2.45, 2.75) is 55.0 Å². The van der Waals surface area contributed by atoms with E-state index in [1.54, 1.807) is 54.7 Å². The van der Waals surface area contributed by atoms with E-state index in [2.05, 4.69) is 36.3 Å². The Bertz CT molecular complexity index is 2450. The van der Waals surface area contributed by atoms with Gasteiger partial charge in [-0.15, -0.1) is 0 Å². The summed E-state index contributed by atoms with van der Waals surface area (Å²) in [5.74, 6) is 0.963. The lowest BCUT2D eigenvalue weighted by atomic mass is 9.99. The maximum atomic E-state index is 14.8. The molecule has 3 aromatic heterocycles. The van der Waals surface area contributed by atoms with Crippen LogP contribution in [0.25, 0.3) is 5.69 Å². The Kier molecular flexibility index (Phi) is 13.9. The number of alkyl halides is 1. The normalized spacial score (nSPS) is 15.7. The van der Waals surface area contributed by atoms with Gasteiger partial charge in [-0.25, -0.2) is 31.2 Å². The fourth-order valence-corrected chi connectivity index (χ4v) is 7.47. The van der Waals surface area contributed by atoms with Crippen LogP contribution in [-0.4, -0.2) is 74.5 Å². The molecule has 18 heteroatoms. The Morgan fingerprint density at radius 1 is 0.875 bits per heavy atom. The minimum Gasteiger partial charge on any atom is -0.438 e. The summed E-state index contributed by atoms with van der Waals surface area (Å²) in [4.78, 5) is 21.3. The van der Waals surface area contributed by atoms with E-state index in [0.29, 0.717) is 43.2 Å². The number of ether oxygens (including phenoxy) is 3. The van der Waals surface area contributed by atoms with Crippen molar-refractivity contribution < 1.29 is 35.4 Å². The summed E-state index contributed by atoms with van der Waals surface area (Å²) in [6, 6.07) is 16.5. The molecule has 1 fully saturated rings. The highest BCUT2D eigenvalue weighted by Crippen LogP contribution is 2.31. The van der Waals surface area contributed by atoms with Gasteiger partial charge in [0.25, 0.3) is 5.56 Å². The number of hydrogen-bond donors (Lipinski definition) is 1. The van der Waals surface area contributed by atoms with E-state index in [0.717, 1.165) is 39.2 Å². The topological polar surface area (TPSA) is 169 Å². The van der Waals surface area contributed by atoms with Crippen LogP contribution in [-0.2, 0) is 37.3 Å². The third-order valence-electron chi connectivity index (χ3n) is 8.52. The van der Waals surface area contributed by atoms with Crippen LogP contribution in [0.15, 0.2) is 98.3 Å². The second kappa shape index (κ2) is 18.2. The molecule has 2 aromatic carbocycles. The molecule has 56 heavy (non-hydrogen) atoms. The summed E-state index contributed by atoms with van der Waals surface area (Å²) in [6.45, 7) is 4.41. The van der Waals surface area contributed by atoms with E-state index < -0.39 is 30.9 Å². The minimum atomic E-state index is -3.52. The molecule has 5 aromatic rings. The van der Waals surface area contributed by atoms with Crippen LogP contribution in [0.4, 0.5) is 10.1 Å². The molecule has 1 atom stereocenters. The van der Waals surface area contributed by atoms with Gasteiger partial charge in [-0.3, -0.25) is 4.79 Å². The third kappa shape index (κ3) is 11.1. The number of aromatic nitrogens is 4. The van der Waals surface area contributed by atoms with Crippen molar-refractivity contribution in [3.63, 3.8) is 0 Å². The van der Waals surface area contributed by atoms with Crippen molar-refractivity contribution in [3.05, 3.63) is 110 Å². The number of anilines is 1. The number of benzene rings is 2. The van der Waals surface area contributed by atoms with Crippen LogP contribution in [0.1, 0.15) is 37.8 Å². The largest absolute Gasteiger partial charge is 0.438 e. The van der Waals surface area contributed by atoms with Crippen molar-refractivity contribution in [2.24, 2.45) is 0 Å². The number of hydrogen-bond acceptors (Lipinski definition) is 12. The first kappa shape index (κ1) is 42.7. The van der Waals surface area contributed by atoms with Gasteiger partial charge in [-0.1, -0.05) is 37.6 Å². The lowest BCUT2D eigenvalue weighted by Gasteiger charge is -2.29. The van der Waals surface area contributed by atoms with Gasteiger partial charge in [0.1, 0.15) is 26.3 Å². The average molecular weight is 893 g/mol. The molecule has 0 spiro atoms. The number of sulfone groups is 2. The van der Waals surface area contributed by atoms with Gasteiger partial charge in [0.05, 0.1) is 36.9 Å². The molecule has 1 aliphatic heterocycles. The first-order valence-corrected chi connectivity index (χ1v) is 22.3. The van der Waals surface area contributed by atoms with E-state index >= 15 is 0 Å². The third-order valence-corrected chi connectivity index (χ3v) is 11.6. The Hall–Kier alpha value is -4.42. The number of nitrogens with zero attached hydrogens (tertiary/aromatic N) is 4. The molecule has 13 nitrogen and oxygen atoms in total. The van der Waals surface area contributed by atoms with Crippen molar-refractivity contribution >= 4 is 52.9 Å². The molecule has 0 radical (unpaired) electrons. The van der Waals surface area contributed by atoms with Gasteiger partial charge >= 0.3 is 0 Å².